The molecule has 1 aliphatic heterocycles. The normalized spacial score (nSPS) is 20.1. The highest BCUT2D eigenvalue weighted by atomic mass is 32.1. The molecule has 2 heterocycles. The van der Waals surface area contributed by atoms with E-state index in [0.717, 1.165) is 32.5 Å². The van der Waals surface area contributed by atoms with E-state index in [4.69, 9.17) is 16.6 Å². The smallest absolute Gasteiger partial charge is 0.288 e. The van der Waals surface area contributed by atoms with Crippen LogP contribution >= 0.6 is 12.2 Å². The second-order valence-corrected chi connectivity index (χ2v) is 7.44. The van der Waals surface area contributed by atoms with Crippen LogP contribution in [-0.2, 0) is 16.9 Å². The topological polar surface area (TPSA) is 63.3 Å². The van der Waals surface area contributed by atoms with Crippen molar-refractivity contribution in [3.8, 4) is 0 Å². The zero-order valence-corrected chi connectivity index (χ0v) is 14.7. The van der Waals surface area contributed by atoms with Gasteiger partial charge in [0, 0.05) is 25.4 Å². The summed E-state index contributed by atoms with van der Waals surface area (Å²) in [6, 6.07) is 0. The number of nitrogens with zero attached hydrogens (tertiary/aromatic N) is 3. The molecule has 0 aromatic carbocycles. The van der Waals surface area contributed by atoms with Crippen LogP contribution in [0.3, 0.4) is 0 Å². The van der Waals surface area contributed by atoms with E-state index in [1.165, 1.54) is 0 Å². The Bertz CT molecular complexity index is 573. The summed E-state index contributed by atoms with van der Waals surface area (Å²) in [4.78, 5) is 13.8. The number of carbonyl (C=O) groups is 1. The minimum absolute atomic E-state index is 0.0330. The third kappa shape index (κ3) is 4.64. The monoisotopic (exact) mass is 326 g/mol. The maximum absolute atomic E-state index is 11.0. The van der Waals surface area contributed by atoms with Crippen molar-refractivity contribution in [2.24, 2.45) is 5.92 Å². The number of hydrogen-bond acceptors (Lipinski definition) is 5. The van der Waals surface area contributed by atoms with Gasteiger partial charge >= 0.3 is 0 Å². The van der Waals surface area contributed by atoms with Gasteiger partial charge in [0.05, 0.1) is 6.67 Å². The minimum Gasteiger partial charge on any atom is -0.413 e. The van der Waals surface area contributed by atoms with Crippen molar-refractivity contribution in [1.82, 2.24) is 20.0 Å². The molecular formula is C15H26N4O2S. The molecule has 1 atom stereocenters. The fourth-order valence-electron chi connectivity index (χ4n) is 2.62. The largest absolute Gasteiger partial charge is 0.413 e. The summed E-state index contributed by atoms with van der Waals surface area (Å²) < 4.78 is 7.37. The van der Waals surface area contributed by atoms with Gasteiger partial charge in [-0.2, -0.15) is 0 Å². The molecule has 1 saturated heterocycles. The van der Waals surface area contributed by atoms with E-state index < -0.39 is 0 Å². The highest BCUT2D eigenvalue weighted by molar-refractivity contribution is 7.71. The number of carbonyl (C=O) groups excluding carboxylic acids is 1. The summed E-state index contributed by atoms with van der Waals surface area (Å²) in [7, 11) is 0. The standard InChI is InChI=1S/C15H26N4O2S/c1-11(20)16-8-12-6-5-7-18(9-12)10-19-14(22)21-13(17-19)15(2,3)4/h12H,5-10H2,1-4H3,(H,16,20). The Morgan fingerprint density at radius 1 is 1.50 bits per heavy atom. The Balaban J connectivity index is 1.97. The van der Waals surface area contributed by atoms with Crippen LogP contribution in [0.4, 0.5) is 0 Å². The fourth-order valence-corrected chi connectivity index (χ4v) is 2.80. The first-order valence-electron chi connectivity index (χ1n) is 7.81. The summed E-state index contributed by atoms with van der Waals surface area (Å²) in [6.07, 6.45) is 2.27. The van der Waals surface area contributed by atoms with E-state index in [2.05, 4.69) is 36.1 Å². The Hall–Kier alpha value is -1.21. The number of likely N-dealkylation sites (tertiary alicyclic amines) is 1. The highest BCUT2D eigenvalue weighted by Gasteiger charge is 2.24. The third-order valence-corrected chi connectivity index (χ3v) is 4.12. The molecule has 1 fully saturated rings. The lowest BCUT2D eigenvalue weighted by atomic mass is 9.97. The molecule has 124 valence electrons. The second kappa shape index (κ2) is 6.91. The lowest BCUT2D eigenvalue weighted by molar-refractivity contribution is -0.119. The van der Waals surface area contributed by atoms with Gasteiger partial charge in [-0.05, 0) is 37.5 Å². The maximum atomic E-state index is 11.0. The Labute approximate surface area is 136 Å². The molecule has 2 rings (SSSR count). The molecule has 0 bridgehead atoms. The van der Waals surface area contributed by atoms with Gasteiger partial charge in [0.15, 0.2) is 0 Å². The summed E-state index contributed by atoms with van der Waals surface area (Å²) in [5.41, 5.74) is -0.144. The van der Waals surface area contributed by atoms with Gasteiger partial charge in [0.2, 0.25) is 11.8 Å². The van der Waals surface area contributed by atoms with Crippen molar-refractivity contribution < 1.29 is 9.21 Å². The van der Waals surface area contributed by atoms with Crippen LogP contribution in [0.15, 0.2) is 4.42 Å². The van der Waals surface area contributed by atoms with Gasteiger partial charge in [-0.15, -0.1) is 5.10 Å². The summed E-state index contributed by atoms with van der Waals surface area (Å²) >= 11 is 5.28. The first-order chi connectivity index (χ1) is 10.3. The number of nitrogens with one attached hydrogen (secondary N) is 1. The SMILES string of the molecule is CC(=O)NCC1CCCN(Cn2nc(C(C)(C)C)oc2=S)C1. The van der Waals surface area contributed by atoms with Crippen LogP contribution in [0.5, 0.6) is 0 Å². The minimum atomic E-state index is -0.144. The summed E-state index contributed by atoms with van der Waals surface area (Å²) in [5, 5.41) is 7.42. The van der Waals surface area contributed by atoms with Crippen molar-refractivity contribution >= 4 is 18.1 Å². The van der Waals surface area contributed by atoms with Crippen LogP contribution in [0.25, 0.3) is 0 Å². The van der Waals surface area contributed by atoms with Crippen LogP contribution in [0.1, 0.15) is 46.4 Å². The lowest BCUT2D eigenvalue weighted by Gasteiger charge is -2.32. The molecule has 1 aliphatic rings. The molecule has 1 amide bonds. The van der Waals surface area contributed by atoms with Crippen molar-refractivity contribution in [2.75, 3.05) is 19.6 Å². The van der Waals surface area contributed by atoms with E-state index in [1.54, 1.807) is 11.6 Å². The molecular weight excluding hydrogens is 300 g/mol. The lowest BCUT2D eigenvalue weighted by Crippen LogP contribution is -2.41. The molecule has 1 N–H and O–H groups in total. The predicted octanol–water partition coefficient (Wildman–Crippen LogP) is 2.31. The van der Waals surface area contributed by atoms with Gasteiger partial charge < -0.3 is 9.73 Å². The van der Waals surface area contributed by atoms with Gasteiger partial charge in [-0.1, -0.05) is 20.8 Å². The molecule has 0 spiro atoms. The predicted molar refractivity (Wildman–Crippen MR) is 87.0 cm³/mol. The van der Waals surface area contributed by atoms with E-state index in [9.17, 15) is 4.79 Å². The molecule has 7 heteroatoms. The molecule has 1 aromatic heterocycles. The van der Waals surface area contributed by atoms with Crippen LogP contribution in [0, 0.1) is 10.8 Å². The van der Waals surface area contributed by atoms with Gasteiger partial charge in [-0.3, -0.25) is 9.69 Å². The number of rotatable bonds is 4. The van der Waals surface area contributed by atoms with Crippen LogP contribution in [0.2, 0.25) is 0 Å². The summed E-state index contributed by atoms with van der Waals surface area (Å²) in [5.74, 6) is 1.19. The van der Waals surface area contributed by atoms with Crippen molar-refractivity contribution in [1.29, 1.82) is 0 Å². The summed E-state index contributed by atoms with van der Waals surface area (Å²) in [6.45, 7) is 11.1. The molecule has 0 aliphatic carbocycles. The second-order valence-electron chi connectivity index (χ2n) is 7.09. The quantitative estimate of drug-likeness (QED) is 0.860. The average molecular weight is 326 g/mol. The highest BCUT2D eigenvalue weighted by Crippen LogP contribution is 2.21. The maximum Gasteiger partial charge on any atom is 0.288 e. The van der Waals surface area contributed by atoms with Crippen molar-refractivity contribution in [3.63, 3.8) is 0 Å². The first-order valence-corrected chi connectivity index (χ1v) is 8.22. The van der Waals surface area contributed by atoms with E-state index in [1.807, 2.05) is 0 Å². The van der Waals surface area contributed by atoms with Gasteiger partial charge in [0.1, 0.15) is 0 Å². The van der Waals surface area contributed by atoms with E-state index in [0.29, 0.717) is 23.3 Å². The molecule has 6 nitrogen and oxygen atoms in total. The molecule has 1 unspecified atom stereocenters. The Morgan fingerprint density at radius 3 is 2.82 bits per heavy atom. The zero-order chi connectivity index (χ0) is 16.3. The van der Waals surface area contributed by atoms with Crippen molar-refractivity contribution in [2.45, 2.75) is 52.6 Å². The van der Waals surface area contributed by atoms with Gasteiger partial charge in [0.25, 0.3) is 4.84 Å². The van der Waals surface area contributed by atoms with Crippen molar-refractivity contribution in [3.05, 3.63) is 10.7 Å². The molecule has 0 saturated carbocycles. The number of amides is 1. The number of piperidine rings is 1. The molecule has 0 radical (unpaired) electrons. The van der Waals surface area contributed by atoms with E-state index in [-0.39, 0.29) is 11.3 Å². The first kappa shape index (κ1) is 17.1. The van der Waals surface area contributed by atoms with E-state index >= 15 is 0 Å². The Morgan fingerprint density at radius 2 is 2.23 bits per heavy atom. The van der Waals surface area contributed by atoms with Gasteiger partial charge in [-0.25, -0.2) is 4.68 Å². The van der Waals surface area contributed by atoms with Crippen LogP contribution < -0.4 is 5.32 Å². The number of hydrogen-bond donors (Lipinski definition) is 1. The molecule has 22 heavy (non-hydrogen) atoms. The number of aromatic nitrogens is 2. The Kier molecular flexibility index (Phi) is 5.39. The molecule has 1 aromatic rings. The fraction of sp³-hybridized carbons (Fsp3) is 0.800. The zero-order valence-electron chi connectivity index (χ0n) is 13.9. The third-order valence-electron chi connectivity index (χ3n) is 3.82. The average Bonchev–Trinajstić information content (AvgIpc) is 2.78. The van der Waals surface area contributed by atoms with Crippen LogP contribution in [-0.4, -0.2) is 40.2 Å².